The van der Waals surface area contributed by atoms with Gasteiger partial charge in [0.2, 0.25) is 0 Å². The predicted octanol–water partition coefficient (Wildman–Crippen LogP) is 10.3. The molecular formula is C39H23N3O3. The van der Waals surface area contributed by atoms with Crippen LogP contribution < -0.4 is 9.47 Å². The van der Waals surface area contributed by atoms with Gasteiger partial charge in [0.15, 0.2) is 40.5 Å². The first-order chi connectivity index (χ1) is 22.3. The van der Waals surface area contributed by atoms with Gasteiger partial charge in [-0.25, -0.2) is 15.0 Å². The first-order valence-electron chi connectivity index (χ1n) is 14.7. The Kier molecular flexibility index (Phi) is 5.71. The van der Waals surface area contributed by atoms with Gasteiger partial charge in [0, 0.05) is 27.5 Å². The normalized spacial score (nSPS) is 11.9. The lowest BCUT2D eigenvalue weighted by Gasteiger charge is -2.21. The van der Waals surface area contributed by atoms with Crippen LogP contribution in [0.2, 0.25) is 0 Å². The molecule has 6 heteroatoms. The van der Waals surface area contributed by atoms with Crippen LogP contribution >= 0.6 is 0 Å². The van der Waals surface area contributed by atoms with Crippen molar-refractivity contribution in [3.8, 4) is 68.3 Å². The number of nitrogens with zero attached hydrogens (tertiary/aromatic N) is 3. The second-order valence-electron chi connectivity index (χ2n) is 10.8. The van der Waals surface area contributed by atoms with Gasteiger partial charge < -0.3 is 13.9 Å². The zero-order chi connectivity index (χ0) is 29.7. The zero-order valence-corrected chi connectivity index (χ0v) is 23.8. The summed E-state index contributed by atoms with van der Waals surface area (Å²) >= 11 is 0. The summed E-state index contributed by atoms with van der Waals surface area (Å²) in [7, 11) is 0. The minimum Gasteiger partial charge on any atom is -0.456 e. The maximum Gasteiger partial charge on any atom is 0.170 e. The van der Waals surface area contributed by atoms with E-state index in [4.69, 9.17) is 28.8 Å². The molecule has 45 heavy (non-hydrogen) atoms. The van der Waals surface area contributed by atoms with Gasteiger partial charge >= 0.3 is 0 Å². The van der Waals surface area contributed by atoms with Gasteiger partial charge in [-0.3, -0.25) is 0 Å². The van der Waals surface area contributed by atoms with E-state index in [9.17, 15) is 0 Å². The molecule has 0 radical (unpaired) electrons. The van der Waals surface area contributed by atoms with Crippen LogP contribution in [0.5, 0.6) is 23.0 Å². The lowest BCUT2D eigenvalue weighted by molar-refractivity contribution is 0.360. The van der Waals surface area contributed by atoms with Crippen molar-refractivity contribution in [2.75, 3.05) is 0 Å². The zero-order valence-electron chi connectivity index (χ0n) is 23.8. The van der Waals surface area contributed by atoms with Crippen molar-refractivity contribution in [1.29, 1.82) is 0 Å². The van der Waals surface area contributed by atoms with E-state index >= 15 is 0 Å². The molecule has 0 amide bonds. The Hall–Kier alpha value is -6.27. The third-order valence-corrected chi connectivity index (χ3v) is 8.00. The highest BCUT2D eigenvalue weighted by Gasteiger charge is 2.21. The summed E-state index contributed by atoms with van der Waals surface area (Å²) in [5.74, 6) is 4.59. The molecule has 1 aliphatic heterocycles. The molecule has 0 unspecified atom stereocenters. The number of benzene rings is 6. The molecule has 0 fully saturated rings. The number of furan rings is 1. The van der Waals surface area contributed by atoms with Crippen LogP contribution in [0.4, 0.5) is 0 Å². The van der Waals surface area contributed by atoms with E-state index in [0.717, 1.165) is 49.8 Å². The van der Waals surface area contributed by atoms with Crippen molar-refractivity contribution in [2.24, 2.45) is 0 Å². The molecule has 3 heterocycles. The third kappa shape index (κ3) is 4.39. The summed E-state index contributed by atoms with van der Waals surface area (Å²) in [4.78, 5) is 14.6. The van der Waals surface area contributed by atoms with Crippen LogP contribution in [0.25, 0.3) is 67.2 Å². The van der Waals surface area contributed by atoms with Crippen molar-refractivity contribution >= 4 is 21.9 Å². The second-order valence-corrected chi connectivity index (χ2v) is 10.8. The number of para-hydroxylation sites is 2. The summed E-state index contributed by atoms with van der Waals surface area (Å²) in [5.41, 5.74) is 6.30. The van der Waals surface area contributed by atoms with Gasteiger partial charge in [0.05, 0.1) is 0 Å². The summed E-state index contributed by atoms with van der Waals surface area (Å²) in [6.07, 6.45) is 0. The van der Waals surface area contributed by atoms with Crippen LogP contribution in [-0.2, 0) is 0 Å². The SMILES string of the molecule is c1ccc(-c2nc(-c3ccccc3)nc(-c3ccc4c(c3)oc3cccc(-c5ccc6c(c5)Oc5ccccc5O6)c34)n2)cc1. The van der Waals surface area contributed by atoms with Crippen molar-refractivity contribution in [3.63, 3.8) is 0 Å². The first-order valence-corrected chi connectivity index (χ1v) is 14.7. The van der Waals surface area contributed by atoms with Crippen molar-refractivity contribution < 1.29 is 13.9 Å². The molecule has 1 aliphatic rings. The number of aromatic nitrogens is 3. The van der Waals surface area contributed by atoms with Crippen LogP contribution in [0, 0.1) is 0 Å². The molecule has 2 aromatic heterocycles. The quantitative estimate of drug-likeness (QED) is 0.206. The van der Waals surface area contributed by atoms with Crippen molar-refractivity contribution in [2.45, 2.75) is 0 Å². The Bertz CT molecular complexity index is 2330. The van der Waals surface area contributed by atoms with Gasteiger partial charge in [-0.2, -0.15) is 0 Å². The monoisotopic (exact) mass is 581 g/mol. The van der Waals surface area contributed by atoms with Crippen LogP contribution in [0.1, 0.15) is 0 Å². The van der Waals surface area contributed by atoms with E-state index in [1.165, 1.54) is 0 Å². The highest BCUT2D eigenvalue weighted by atomic mass is 16.6. The molecule has 0 aliphatic carbocycles. The van der Waals surface area contributed by atoms with E-state index in [2.05, 4.69) is 18.2 Å². The predicted molar refractivity (Wildman–Crippen MR) is 175 cm³/mol. The minimum absolute atomic E-state index is 0.581. The van der Waals surface area contributed by atoms with E-state index in [0.29, 0.717) is 40.5 Å². The van der Waals surface area contributed by atoms with Crippen molar-refractivity contribution in [1.82, 2.24) is 15.0 Å². The number of fused-ring (bicyclic) bond motifs is 5. The fraction of sp³-hybridized carbons (Fsp3) is 0. The average molecular weight is 582 g/mol. The molecule has 0 bridgehead atoms. The maximum atomic E-state index is 6.44. The van der Waals surface area contributed by atoms with E-state index < -0.39 is 0 Å². The third-order valence-electron chi connectivity index (χ3n) is 8.00. The number of hydrogen-bond donors (Lipinski definition) is 0. The number of hydrogen-bond acceptors (Lipinski definition) is 6. The van der Waals surface area contributed by atoms with Gasteiger partial charge in [0.1, 0.15) is 11.2 Å². The molecule has 6 aromatic carbocycles. The van der Waals surface area contributed by atoms with Gasteiger partial charge in [-0.15, -0.1) is 0 Å². The molecule has 212 valence electrons. The summed E-state index contributed by atoms with van der Waals surface area (Å²) in [5, 5.41) is 2.03. The molecule has 6 nitrogen and oxygen atoms in total. The van der Waals surface area contributed by atoms with Gasteiger partial charge in [-0.1, -0.05) is 97.1 Å². The van der Waals surface area contributed by atoms with E-state index in [1.807, 2.05) is 121 Å². The summed E-state index contributed by atoms with van der Waals surface area (Å²) in [6.45, 7) is 0. The first kappa shape index (κ1) is 25.2. The second kappa shape index (κ2) is 10.2. The Morgan fingerprint density at radius 3 is 1.64 bits per heavy atom. The maximum absolute atomic E-state index is 6.44. The number of rotatable bonds is 4. The fourth-order valence-electron chi connectivity index (χ4n) is 5.84. The molecular weight excluding hydrogens is 558 g/mol. The lowest BCUT2D eigenvalue weighted by Crippen LogP contribution is -2.00. The topological polar surface area (TPSA) is 70.3 Å². The van der Waals surface area contributed by atoms with E-state index in [-0.39, 0.29) is 0 Å². The molecule has 0 spiro atoms. The highest BCUT2D eigenvalue weighted by molar-refractivity contribution is 6.13. The summed E-state index contributed by atoms with van der Waals surface area (Å²) < 4.78 is 18.7. The largest absolute Gasteiger partial charge is 0.456 e. The Morgan fingerprint density at radius 1 is 0.378 bits per heavy atom. The molecule has 0 saturated carbocycles. The van der Waals surface area contributed by atoms with Crippen LogP contribution in [0.3, 0.4) is 0 Å². The Balaban J connectivity index is 1.16. The molecule has 0 saturated heterocycles. The Labute approximate surface area is 258 Å². The number of ether oxygens (including phenoxy) is 2. The van der Waals surface area contributed by atoms with Crippen LogP contribution in [0.15, 0.2) is 144 Å². The smallest absolute Gasteiger partial charge is 0.170 e. The lowest BCUT2D eigenvalue weighted by atomic mass is 9.98. The highest BCUT2D eigenvalue weighted by Crippen LogP contribution is 2.47. The van der Waals surface area contributed by atoms with Gasteiger partial charge in [-0.05, 0) is 53.6 Å². The molecule has 0 N–H and O–H groups in total. The fourth-order valence-corrected chi connectivity index (χ4v) is 5.84. The Morgan fingerprint density at radius 2 is 0.956 bits per heavy atom. The standard InChI is InChI=1S/C39H23N3O3/c1-3-10-24(11-4-1)37-40-38(25-12-5-2-6-13-25)42-39(41-37)27-18-20-29-34(23-27)45-33-17-9-14-28(36(29)33)26-19-21-32-35(22-26)44-31-16-8-7-15-30(31)43-32/h1-23H. The minimum atomic E-state index is 0.581. The molecule has 8 aromatic rings. The van der Waals surface area contributed by atoms with E-state index in [1.54, 1.807) is 0 Å². The van der Waals surface area contributed by atoms with Gasteiger partial charge in [0.25, 0.3) is 0 Å². The average Bonchev–Trinajstić information content (AvgIpc) is 3.49. The van der Waals surface area contributed by atoms with Crippen LogP contribution in [-0.4, -0.2) is 15.0 Å². The van der Waals surface area contributed by atoms with Crippen molar-refractivity contribution in [3.05, 3.63) is 140 Å². The molecule has 0 atom stereocenters. The summed E-state index contributed by atoms with van der Waals surface area (Å²) in [6, 6.07) is 45.9. The molecule has 9 rings (SSSR count).